The second-order valence-electron chi connectivity index (χ2n) is 4.97. The lowest BCUT2D eigenvalue weighted by Crippen LogP contribution is -2.36. The molecule has 1 atom stereocenters. The van der Waals surface area contributed by atoms with Gasteiger partial charge in [0.25, 0.3) is 0 Å². The topological polar surface area (TPSA) is 68.9 Å². The summed E-state index contributed by atoms with van der Waals surface area (Å²) in [4.78, 5) is 4.27. The number of anilines is 1. The van der Waals surface area contributed by atoms with Gasteiger partial charge in [0.1, 0.15) is 11.8 Å². The molecule has 0 bridgehead atoms. The highest BCUT2D eigenvalue weighted by Crippen LogP contribution is 2.24. The van der Waals surface area contributed by atoms with Crippen LogP contribution in [0.25, 0.3) is 10.9 Å². The molecule has 5 heteroatoms. The molecule has 20 heavy (non-hydrogen) atoms. The molecule has 2 aromatic rings. The molecule has 0 aliphatic heterocycles. The van der Waals surface area contributed by atoms with E-state index in [1.807, 2.05) is 30.5 Å². The Kier molecular flexibility index (Phi) is 4.48. The van der Waals surface area contributed by atoms with Crippen molar-refractivity contribution in [1.82, 2.24) is 4.98 Å². The highest BCUT2D eigenvalue weighted by atomic mass is 32.2. The number of benzene rings is 1. The van der Waals surface area contributed by atoms with Gasteiger partial charge < -0.3 is 10.4 Å². The van der Waals surface area contributed by atoms with Crippen molar-refractivity contribution in [3.05, 3.63) is 36.0 Å². The maximum Gasteiger partial charge on any atom is 0.143 e. The fourth-order valence-electron chi connectivity index (χ4n) is 2.03. The van der Waals surface area contributed by atoms with Crippen molar-refractivity contribution >= 4 is 28.4 Å². The quantitative estimate of drug-likeness (QED) is 0.884. The van der Waals surface area contributed by atoms with Gasteiger partial charge >= 0.3 is 0 Å². The molecular weight excluding hydrogens is 270 g/mol. The molecule has 0 unspecified atom stereocenters. The predicted molar refractivity (Wildman–Crippen MR) is 84.0 cm³/mol. The van der Waals surface area contributed by atoms with E-state index in [0.29, 0.717) is 18.0 Å². The van der Waals surface area contributed by atoms with Gasteiger partial charge in [-0.2, -0.15) is 17.0 Å². The zero-order chi connectivity index (χ0) is 14.6. The predicted octanol–water partition coefficient (Wildman–Crippen LogP) is 2.63. The van der Waals surface area contributed by atoms with E-state index < -0.39 is 5.60 Å². The lowest BCUT2D eigenvalue weighted by molar-refractivity contribution is 0.0997. The van der Waals surface area contributed by atoms with Crippen LogP contribution in [-0.4, -0.2) is 34.2 Å². The van der Waals surface area contributed by atoms with Crippen LogP contribution < -0.4 is 5.32 Å². The first-order chi connectivity index (χ1) is 9.55. The van der Waals surface area contributed by atoms with Gasteiger partial charge in [0.15, 0.2) is 0 Å². The highest BCUT2D eigenvalue weighted by Gasteiger charge is 2.19. The Morgan fingerprint density at radius 2 is 2.20 bits per heavy atom. The van der Waals surface area contributed by atoms with Gasteiger partial charge in [-0.3, -0.25) is 0 Å². The Balaban J connectivity index is 2.31. The summed E-state index contributed by atoms with van der Waals surface area (Å²) in [6.45, 7) is 2.22. The fraction of sp³-hybridized carbons (Fsp3) is 0.333. The van der Waals surface area contributed by atoms with Crippen molar-refractivity contribution in [3.8, 4) is 6.07 Å². The monoisotopic (exact) mass is 287 g/mol. The SMILES string of the molecule is CSC[C@@](C)(O)CNc1cc(C#N)nc2ccccc12. The van der Waals surface area contributed by atoms with Crippen molar-refractivity contribution in [2.75, 3.05) is 23.9 Å². The summed E-state index contributed by atoms with van der Waals surface area (Å²) in [6, 6.07) is 11.4. The number of nitrogens with one attached hydrogen (secondary N) is 1. The second-order valence-corrected chi connectivity index (χ2v) is 5.83. The minimum absolute atomic E-state index is 0.371. The number of hydrogen-bond acceptors (Lipinski definition) is 5. The maximum atomic E-state index is 10.2. The number of aromatic nitrogens is 1. The number of nitrogens with zero attached hydrogens (tertiary/aromatic N) is 2. The zero-order valence-corrected chi connectivity index (χ0v) is 12.4. The van der Waals surface area contributed by atoms with E-state index in [0.717, 1.165) is 16.6 Å². The normalized spacial score (nSPS) is 13.7. The van der Waals surface area contributed by atoms with E-state index >= 15 is 0 Å². The van der Waals surface area contributed by atoms with Crippen molar-refractivity contribution in [2.45, 2.75) is 12.5 Å². The Bertz CT molecular complexity index is 649. The largest absolute Gasteiger partial charge is 0.387 e. The summed E-state index contributed by atoms with van der Waals surface area (Å²) in [5.41, 5.74) is 1.18. The lowest BCUT2D eigenvalue weighted by atomic mass is 10.1. The Hall–Kier alpha value is -1.77. The molecule has 0 saturated carbocycles. The van der Waals surface area contributed by atoms with Crippen LogP contribution in [0.3, 0.4) is 0 Å². The molecule has 4 nitrogen and oxygen atoms in total. The average molecular weight is 287 g/mol. The third-order valence-corrected chi connectivity index (χ3v) is 3.86. The van der Waals surface area contributed by atoms with Crippen LogP contribution in [0.2, 0.25) is 0 Å². The van der Waals surface area contributed by atoms with Gasteiger partial charge in [-0.25, -0.2) is 4.98 Å². The van der Waals surface area contributed by atoms with Gasteiger partial charge in [0, 0.05) is 23.4 Å². The standard InChI is InChI=1S/C15H17N3OS/c1-15(19,10-20-2)9-17-14-7-11(8-16)18-13-6-4-3-5-12(13)14/h3-7,19H,9-10H2,1-2H3,(H,17,18)/t15-/m0/s1. The maximum absolute atomic E-state index is 10.2. The van der Waals surface area contributed by atoms with Crippen LogP contribution in [-0.2, 0) is 0 Å². The molecule has 0 aliphatic rings. The summed E-state index contributed by atoms with van der Waals surface area (Å²) in [5, 5.41) is 23.4. The van der Waals surface area contributed by atoms with Crippen LogP contribution in [0.1, 0.15) is 12.6 Å². The minimum atomic E-state index is -0.795. The Morgan fingerprint density at radius 1 is 1.45 bits per heavy atom. The van der Waals surface area contributed by atoms with E-state index in [9.17, 15) is 5.11 Å². The molecule has 2 N–H and O–H groups in total. The number of para-hydroxylation sites is 1. The number of pyridine rings is 1. The van der Waals surface area contributed by atoms with E-state index in [1.165, 1.54) is 0 Å². The second kappa shape index (κ2) is 6.12. The molecule has 0 fully saturated rings. The Morgan fingerprint density at radius 3 is 2.90 bits per heavy atom. The summed E-state index contributed by atoms with van der Waals surface area (Å²) in [7, 11) is 0. The van der Waals surface area contributed by atoms with Crippen LogP contribution >= 0.6 is 11.8 Å². The van der Waals surface area contributed by atoms with Crippen LogP contribution in [0.4, 0.5) is 5.69 Å². The molecule has 0 aliphatic carbocycles. The third kappa shape index (κ3) is 3.41. The van der Waals surface area contributed by atoms with Crippen LogP contribution in [0.5, 0.6) is 0 Å². The number of nitriles is 1. The molecule has 0 saturated heterocycles. The van der Waals surface area contributed by atoms with Gasteiger partial charge in [-0.05, 0) is 25.3 Å². The number of hydrogen-bond donors (Lipinski definition) is 2. The van der Waals surface area contributed by atoms with Crippen molar-refractivity contribution in [1.29, 1.82) is 5.26 Å². The van der Waals surface area contributed by atoms with Gasteiger partial charge in [0.05, 0.1) is 11.1 Å². The minimum Gasteiger partial charge on any atom is -0.387 e. The van der Waals surface area contributed by atoms with E-state index in [-0.39, 0.29) is 0 Å². The number of rotatable bonds is 5. The molecule has 1 aromatic heterocycles. The summed E-state index contributed by atoms with van der Waals surface area (Å²) >= 11 is 1.60. The van der Waals surface area contributed by atoms with Crippen molar-refractivity contribution in [2.24, 2.45) is 0 Å². The van der Waals surface area contributed by atoms with E-state index in [1.54, 1.807) is 24.8 Å². The number of fused-ring (bicyclic) bond motifs is 1. The molecule has 104 valence electrons. The van der Waals surface area contributed by atoms with Gasteiger partial charge in [-0.1, -0.05) is 18.2 Å². The average Bonchev–Trinajstić information content (AvgIpc) is 2.44. The molecule has 2 rings (SSSR count). The molecule has 1 heterocycles. The van der Waals surface area contributed by atoms with Crippen LogP contribution in [0.15, 0.2) is 30.3 Å². The smallest absolute Gasteiger partial charge is 0.143 e. The van der Waals surface area contributed by atoms with Crippen molar-refractivity contribution in [3.63, 3.8) is 0 Å². The summed E-state index contributed by atoms with van der Waals surface area (Å²) in [6.07, 6.45) is 1.96. The Labute approximate surface area is 122 Å². The third-order valence-electron chi connectivity index (χ3n) is 2.95. The molecular formula is C15H17N3OS. The molecule has 0 spiro atoms. The van der Waals surface area contributed by atoms with Crippen molar-refractivity contribution < 1.29 is 5.11 Å². The van der Waals surface area contributed by atoms with Crippen LogP contribution in [0, 0.1) is 11.3 Å². The zero-order valence-electron chi connectivity index (χ0n) is 11.6. The van der Waals surface area contributed by atoms with E-state index in [4.69, 9.17) is 5.26 Å². The van der Waals surface area contributed by atoms with Gasteiger partial charge in [-0.15, -0.1) is 0 Å². The molecule has 0 radical (unpaired) electrons. The fourth-order valence-corrected chi connectivity index (χ4v) is 2.75. The first-order valence-corrected chi connectivity index (χ1v) is 7.70. The van der Waals surface area contributed by atoms with E-state index in [2.05, 4.69) is 16.4 Å². The first kappa shape index (κ1) is 14.6. The first-order valence-electron chi connectivity index (χ1n) is 6.31. The highest BCUT2D eigenvalue weighted by molar-refractivity contribution is 7.98. The summed E-state index contributed by atoms with van der Waals surface area (Å²) in [5.74, 6) is 0.647. The molecule has 0 amide bonds. The number of thioether (sulfide) groups is 1. The number of aliphatic hydroxyl groups is 1. The molecule has 1 aromatic carbocycles. The lowest BCUT2D eigenvalue weighted by Gasteiger charge is -2.23. The summed E-state index contributed by atoms with van der Waals surface area (Å²) < 4.78 is 0. The van der Waals surface area contributed by atoms with Gasteiger partial charge in [0.2, 0.25) is 0 Å².